The summed E-state index contributed by atoms with van der Waals surface area (Å²) in [6.07, 6.45) is 8.90. The molecule has 0 radical (unpaired) electrons. The number of hydrogen-bond acceptors (Lipinski definition) is 2. The molecule has 1 aliphatic rings. The molecule has 2 atom stereocenters. The molecule has 0 bridgehead atoms. The van der Waals surface area contributed by atoms with Gasteiger partial charge in [0.1, 0.15) is 0 Å². The highest BCUT2D eigenvalue weighted by Crippen LogP contribution is 2.19. The first-order valence-electron chi connectivity index (χ1n) is 5.43. The fourth-order valence-electron chi connectivity index (χ4n) is 1.52. The van der Waals surface area contributed by atoms with Crippen LogP contribution in [-0.4, -0.2) is 23.9 Å². The molecule has 0 amide bonds. The molecule has 1 N–H and O–H groups in total. The number of ether oxygens (including phenoxy) is 1. The maximum absolute atomic E-state index is 9.39. The van der Waals surface area contributed by atoms with Crippen LogP contribution in [0.4, 0.5) is 0 Å². The first kappa shape index (κ1) is 11.5. The van der Waals surface area contributed by atoms with Crippen molar-refractivity contribution in [3.63, 3.8) is 0 Å². The van der Waals surface area contributed by atoms with Gasteiger partial charge in [-0.1, -0.05) is 32.1 Å². The predicted octanol–water partition coefficient (Wildman–Crippen LogP) is 2.44. The molecule has 0 aromatic heterocycles. The van der Waals surface area contributed by atoms with Crippen molar-refractivity contribution < 1.29 is 9.84 Å². The average Bonchev–Trinajstić information content (AvgIpc) is 2.26. The molecule has 2 heteroatoms. The molecular weight excluding hydrogens is 176 g/mol. The summed E-state index contributed by atoms with van der Waals surface area (Å²) in [6.45, 7) is 4.55. The molecule has 0 aromatic rings. The van der Waals surface area contributed by atoms with Gasteiger partial charge < -0.3 is 9.84 Å². The van der Waals surface area contributed by atoms with Crippen LogP contribution in [0.5, 0.6) is 0 Å². The predicted molar refractivity (Wildman–Crippen MR) is 58.2 cm³/mol. The van der Waals surface area contributed by atoms with Crippen LogP contribution in [0.3, 0.4) is 0 Å². The van der Waals surface area contributed by atoms with Gasteiger partial charge in [0, 0.05) is 0 Å². The Morgan fingerprint density at radius 1 is 1.57 bits per heavy atom. The topological polar surface area (TPSA) is 29.5 Å². The van der Waals surface area contributed by atoms with E-state index in [0.717, 1.165) is 19.3 Å². The quantitative estimate of drug-likeness (QED) is 0.731. The number of aliphatic hydroxyl groups excluding tert-OH is 1. The first-order valence-corrected chi connectivity index (χ1v) is 5.43. The Morgan fingerprint density at radius 3 is 3.00 bits per heavy atom. The molecular formula is C12H20O2. The van der Waals surface area contributed by atoms with Crippen LogP contribution >= 0.6 is 0 Å². The van der Waals surface area contributed by atoms with Gasteiger partial charge in [0.25, 0.3) is 0 Å². The summed E-state index contributed by atoms with van der Waals surface area (Å²) in [5.41, 5.74) is 1.33. The summed E-state index contributed by atoms with van der Waals surface area (Å²) in [5, 5.41) is 9.39. The highest BCUT2D eigenvalue weighted by Gasteiger charge is 2.15. The van der Waals surface area contributed by atoms with Crippen molar-refractivity contribution in [1.82, 2.24) is 0 Å². The normalized spacial score (nSPS) is 23.4. The number of allylic oxidation sites excluding steroid dienone is 2. The molecule has 1 aliphatic carbocycles. The fraction of sp³-hybridized carbons (Fsp3) is 0.667. The third-order valence-corrected chi connectivity index (χ3v) is 2.58. The molecule has 1 rings (SSSR count). The molecule has 14 heavy (non-hydrogen) atoms. The van der Waals surface area contributed by atoms with Crippen molar-refractivity contribution in [1.29, 1.82) is 0 Å². The van der Waals surface area contributed by atoms with Crippen LogP contribution in [-0.2, 0) is 4.74 Å². The molecule has 0 spiro atoms. The van der Waals surface area contributed by atoms with Crippen molar-refractivity contribution in [3.8, 4) is 0 Å². The van der Waals surface area contributed by atoms with E-state index in [4.69, 9.17) is 4.74 Å². The minimum atomic E-state index is -0.320. The first-order chi connectivity index (χ1) is 6.77. The minimum absolute atomic E-state index is 0.186. The Bertz CT molecular complexity index is 218. The van der Waals surface area contributed by atoms with Gasteiger partial charge in [0.2, 0.25) is 0 Å². The van der Waals surface area contributed by atoms with Gasteiger partial charge in [-0.3, -0.25) is 0 Å². The third-order valence-electron chi connectivity index (χ3n) is 2.58. The minimum Gasteiger partial charge on any atom is -0.391 e. The summed E-state index contributed by atoms with van der Waals surface area (Å²) >= 11 is 0. The van der Waals surface area contributed by atoms with Crippen molar-refractivity contribution in [3.05, 3.63) is 23.8 Å². The van der Waals surface area contributed by atoms with E-state index in [1.165, 1.54) is 5.57 Å². The van der Waals surface area contributed by atoms with Gasteiger partial charge >= 0.3 is 0 Å². The fourth-order valence-corrected chi connectivity index (χ4v) is 1.52. The zero-order valence-electron chi connectivity index (χ0n) is 9.07. The zero-order valence-corrected chi connectivity index (χ0v) is 9.07. The van der Waals surface area contributed by atoms with E-state index in [1.54, 1.807) is 0 Å². The molecule has 0 saturated carbocycles. The Hall–Kier alpha value is -0.600. The van der Waals surface area contributed by atoms with Crippen LogP contribution in [0.15, 0.2) is 23.8 Å². The van der Waals surface area contributed by atoms with Gasteiger partial charge in [-0.2, -0.15) is 0 Å². The van der Waals surface area contributed by atoms with Crippen molar-refractivity contribution >= 4 is 0 Å². The highest BCUT2D eigenvalue weighted by molar-refractivity contribution is 5.21. The lowest BCUT2D eigenvalue weighted by atomic mass is 9.99. The van der Waals surface area contributed by atoms with Crippen LogP contribution in [0.2, 0.25) is 0 Å². The van der Waals surface area contributed by atoms with E-state index < -0.39 is 0 Å². The van der Waals surface area contributed by atoms with E-state index in [9.17, 15) is 5.11 Å². The van der Waals surface area contributed by atoms with Crippen molar-refractivity contribution in [2.75, 3.05) is 6.61 Å². The second kappa shape index (κ2) is 5.99. The van der Waals surface area contributed by atoms with E-state index in [2.05, 4.69) is 25.2 Å². The standard InChI is InChI=1S/C12H20O2/c1-3-10-7-5-6-8-12(10)14-9-11(13)4-2/h5-7,11-13H,3-4,8-9H2,1-2H3. The van der Waals surface area contributed by atoms with E-state index in [-0.39, 0.29) is 12.2 Å². The monoisotopic (exact) mass is 196 g/mol. The maximum Gasteiger partial charge on any atom is 0.0823 e. The molecule has 0 heterocycles. The SMILES string of the molecule is CCC1=CC=CCC1OCC(O)CC. The molecule has 0 fully saturated rings. The summed E-state index contributed by atoms with van der Waals surface area (Å²) in [6, 6.07) is 0. The number of hydrogen-bond donors (Lipinski definition) is 1. The largest absolute Gasteiger partial charge is 0.391 e. The van der Waals surface area contributed by atoms with Crippen LogP contribution in [0.1, 0.15) is 33.1 Å². The Morgan fingerprint density at radius 2 is 2.36 bits per heavy atom. The molecule has 0 saturated heterocycles. The lowest BCUT2D eigenvalue weighted by Gasteiger charge is -2.22. The lowest BCUT2D eigenvalue weighted by Crippen LogP contribution is -2.23. The summed E-state index contributed by atoms with van der Waals surface area (Å²) in [5.74, 6) is 0. The second-order valence-electron chi connectivity index (χ2n) is 3.64. The third kappa shape index (κ3) is 3.28. The van der Waals surface area contributed by atoms with Gasteiger partial charge in [-0.25, -0.2) is 0 Å². The van der Waals surface area contributed by atoms with Crippen LogP contribution in [0.25, 0.3) is 0 Å². The van der Waals surface area contributed by atoms with Crippen molar-refractivity contribution in [2.24, 2.45) is 0 Å². The molecule has 2 unspecified atom stereocenters. The summed E-state index contributed by atoms with van der Waals surface area (Å²) < 4.78 is 5.67. The van der Waals surface area contributed by atoms with Crippen LogP contribution in [0, 0.1) is 0 Å². The van der Waals surface area contributed by atoms with Gasteiger partial charge in [0.05, 0.1) is 18.8 Å². The van der Waals surface area contributed by atoms with Gasteiger partial charge in [0.15, 0.2) is 0 Å². The molecule has 2 nitrogen and oxygen atoms in total. The van der Waals surface area contributed by atoms with Crippen molar-refractivity contribution in [2.45, 2.75) is 45.3 Å². The van der Waals surface area contributed by atoms with Gasteiger partial charge in [-0.15, -0.1) is 0 Å². The molecule has 0 aromatic carbocycles. The summed E-state index contributed by atoms with van der Waals surface area (Å²) in [7, 11) is 0. The maximum atomic E-state index is 9.39. The Labute approximate surface area is 86.3 Å². The Balaban J connectivity index is 2.37. The zero-order chi connectivity index (χ0) is 10.4. The van der Waals surface area contributed by atoms with E-state index in [1.807, 2.05) is 6.92 Å². The lowest BCUT2D eigenvalue weighted by molar-refractivity contribution is 0.00404. The second-order valence-corrected chi connectivity index (χ2v) is 3.64. The summed E-state index contributed by atoms with van der Waals surface area (Å²) in [4.78, 5) is 0. The highest BCUT2D eigenvalue weighted by atomic mass is 16.5. The molecule has 80 valence electrons. The number of aliphatic hydroxyl groups is 1. The van der Waals surface area contributed by atoms with E-state index in [0.29, 0.717) is 6.61 Å². The van der Waals surface area contributed by atoms with Gasteiger partial charge in [-0.05, 0) is 24.8 Å². The Kier molecular flexibility index (Phi) is 4.91. The molecule has 0 aliphatic heterocycles. The van der Waals surface area contributed by atoms with Crippen LogP contribution < -0.4 is 0 Å². The number of rotatable bonds is 5. The van der Waals surface area contributed by atoms with E-state index >= 15 is 0 Å². The smallest absolute Gasteiger partial charge is 0.0823 e. The average molecular weight is 196 g/mol.